The number of carboxylic acid groups (broad SMARTS) is 1. The largest absolute Gasteiger partial charge is 0.481 e. The summed E-state index contributed by atoms with van der Waals surface area (Å²) >= 11 is 0. The van der Waals surface area contributed by atoms with Gasteiger partial charge in [0.15, 0.2) is 0 Å². The van der Waals surface area contributed by atoms with Gasteiger partial charge in [0.2, 0.25) is 0 Å². The van der Waals surface area contributed by atoms with E-state index in [9.17, 15) is 19.8 Å². The average Bonchev–Trinajstić information content (AvgIpc) is 3.12. The number of carbonyl (C=O) groups excluding carboxylic acids is 1. The lowest BCUT2D eigenvalue weighted by Crippen LogP contribution is -2.69. The Bertz CT molecular complexity index is 985. The monoisotopic (exact) mass is 484 g/mol. The van der Waals surface area contributed by atoms with Crippen LogP contribution in [-0.4, -0.2) is 34.4 Å². The van der Waals surface area contributed by atoms with Crippen LogP contribution in [0.3, 0.4) is 0 Å². The molecular weight excluding hydrogens is 440 g/mol. The number of ether oxygens (including phenoxy) is 1. The summed E-state index contributed by atoms with van der Waals surface area (Å²) < 4.78 is 6.21. The van der Waals surface area contributed by atoms with Crippen molar-refractivity contribution in [2.75, 3.05) is 0 Å². The van der Waals surface area contributed by atoms with E-state index in [0.717, 1.165) is 36.8 Å². The fraction of sp³-hybridized carbons (Fsp3) is 0.800. The Labute approximate surface area is 210 Å². The van der Waals surface area contributed by atoms with Gasteiger partial charge >= 0.3 is 11.9 Å². The predicted molar refractivity (Wildman–Crippen MR) is 134 cm³/mol. The number of rotatable bonds is 3. The molecule has 35 heavy (non-hydrogen) atoms. The van der Waals surface area contributed by atoms with E-state index in [0.29, 0.717) is 19.3 Å². The van der Waals surface area contributed by atoms with Gasteiger partial charge in [0.1, 0.15) is 6.10 Å². The summed E-state index contributed by atoms with van der Waals surface area (Å²) in [4.78, 5) is 25.8. The van der Waals surface area contributed by atoms with Crippen molar-refractivity contribution in [2.24, 2.45) is 51.2 Å². The van der Waals surface area contributed by atoms with Gasteiger partial charge in [-0.15, -0.1) is 0 Å². The van der Waals surface area contributed by atoms with E-state index in [1.807, 2.05) is 0 Å². The molecule has 0 bridgehead atoms. The van der Waals surface area contributed by atoms with Crippen LogP contribution in [0.5, 0.6) is 0 Å². The van der Waals surface area contributed by atoms with Crippen molar-refractivity contribution in [3.8, 4) is 0 Å². The molecule has 0 amide bonds. The number of hydrogen-bond acceptors (Lipinski definition) is 4. The first kappa shape index (κ1) is 25.0. The van der Waals surface area contributed by atoms with E-state index in [4.69, 9.17) is 4.74 Å². The minimum absolute atomic E-state index is 0.00558. The number of hydrogen-bond donors (Lipinski definition) is 2. The summed E-state index contributed by atoms with van der Waals surface area (Å²) in [7, 11) is 0. The van der Waals surface area contributed by atoms with Crippen LogP contribution in [0, 0.1) is 51.2 Å². The van der Waals surface area contributed by atoms with Crippen LogP contribution in [0.15, 0.2) is 24.3 Å². The fourth-order valence-corrected chi connectivity index (χ4v) is 10.8. The highest BCUT2D eigenvalue weighted by atomic mass is 16.5. The van der Waals surface area contributed by atoms with Crippen molar-refractivity contribution >= 4 is 11.9 Å². The molecule has 5 heteroatoms. The zero-order valence-electron chi connectivity index (χ0n) is 22.2. The standard InChI is InChI=1S/C30H44O5/c1-16(2)18-8-11-30(26(33)34)13-12-27(5)20(24(18)30)14-21-25-28(27,6)10-9-19(17(3)4)29(25,7)22(31)15-23(32)35-21/h18-22,24-25,31H,1,3,8-15H2,2,4-7H3,(H,33,34)/t18-,19-,20+,21+,22+,24+,25-,27+,28+,29+,30?/m0/s1. The number of carbonyl (C=O) groups is 2. The Morgan fingerprint density at radius 3 is 2.29 bits per heavy atom. The molecule has 5 nitrogen and oxygen atoms in total. The second-order valence-electron chi connectivity index (χ2n) is 13.7. The second-order valence-corrected chi connectivity index (χ2v) is 13.7. The molecule has 194 valence electrons. The van der Waals surface area contributed by atoms with Gasteiger partial charge in [-0.2, -0.15) is 0 Å². The van der Waals surface area contributed by atoms with E-state index in [1.54, 1.807) is 0 Å². The maximum Gasteiger partial charge on any atom is 0.309 e. The highest BCUT2D eigenvalue weighted by Crippen LogP contribution is 2.76. The molecule has 0 aromatic carbocycles. The molecule has 0 aromatic heterocycles. The highest BCUT2D eigenvalue weighted by molar-refractivity contribution is 5.76. The van der Waals surface area contributed by atoms with Gasteiger partial charge in [0.05, 0.1) is 17.9 Å². The summed E-state index contributed by atoms with van der Waals surface area (Å²) in [6, 6.07) is 0. The van der Waals surface area contributed by atoms with Crippen molar-refractivity contribution in [1.29, 1.82) is 0 Å². The van der Waals surface area contributed by atoms with Crippen LogP contribution in [0.25, 0.3) is 0 Å². The average molecular weight is 485 g/mol. The Hall–Kier alpha value is -1.62. The summed E-state index contributed by atoms with van der Waals surface area (Å²) in [6.45, 7) is 19.7. The van der Waals surface area contributed by atoms with E-state index in [-0.39, 0.29) is 58.9 Å². The minimum atomic E-state index is -0.775. The van der Waals surface area contributed by atoms with E-state index < -0.39 is 22.9 Å². The van der Waals surface area contributed by atoms with Gasteiger partial charge in [-0.05, 0) is 93.3 Å². The third kappa shape index (κ3) is 2.97. The Kier molecular flexibility index (Phi) is 5.51. The van der Waals surface area contributed by atoms with Gasteiger partial charge in [0, 0.05) is 11.3 Å². The molecule has 4 saturated carbocycles. The van der Waals surface area contributed by atoms with Gasteiger partial charge in [-0.1, -0.05) is 45.1 Å². The van der Waals surface area contributed by atoms with Crippen LogP contribution < -0.4 is 0 Å². The van der Waals surface area contributed by atoms with Gasteiger partial charge in [-0.3, -0.25) is 9.59 Å². The van der Waals surface area contributed by atoms with Crippen molar-refractivity contribution in [1.82, 2.24) is 0 Å². The molecule has 5 rings (SSSR count). The van der Waals surface area contributed by atoms with Crippen molar-refractivity contribution in [2.45, 2.75) is 98.2 Å². The van der Waals surface area contributed by atoms with Gasteiger partial charge < -0.3 is 14.9 Å². The molecule has 1 aliphatic heterocycles. The number of fused-ring (bicyclic) bond motifs is 4. The third-order valence-electron chi connectivity index (χ3n) is 12.6. The molecule has 1 heterocycles. The third-order valence-corrected chi connectivity index (χ3v) is 12.6. The normalized spacial score (nSPS) is 52.9. The summed E-state index contributed by atoms with van der Waals surface area (Å²) in [5, 5.41) is 22.1. The van der Waals surface area contributed by atoms with Crippen molar-refractivity contribution in [3.05, 3.63) is 24.3 Å². The molecule has 1 saturated heterocycles. The smallest absolute Gasteiger partial charge is 0.309 e. The summed E-state index contributed by atoms with van der Waals surface area (Å²) in [5.74, 6) is -0.528. The van der Waals surface area contributed by atoms with E-state index in [1.165, 1.54) is 0 Å². The number of carboxylic acids is 1. The number of aliphatic carboxylic acids is 1. The van der Waals surface area contributed by atoms with Crippen molar-refractivity contribution in [3.63, 3.8) is 0 Å². The zero-order valence-corrected chi connectivity index (χ0v) is 22.2. The molecule has 0 aromatic rings. The molecule has 0 radical (unpaired) electrons. The molecular formula is C30H44O5. The second kappa shape index (κ2) is 7.69. The summed E-state index contributed by atoms with van der Waals surface area (Å²) in [5.41, 5.74) is 0.644. The van der Waals surface area contributed by atoms with Crippen LogP contribution in [0.4, 0.5) is 0 Å². The van der Waals surface area contributed by atoms with E-state index in [2.05, 4.69) is 47.8 Å². The first-order valence-electron chi connectivity index (χ1n) is 13.7. The molecule has 4 aliphatic carbocycles. The number of allylic oxidation sites excluding steroid dienone is 2. The van der Waals surface area contributed by atoms with Crippen LogP contribution >= 0.6 is 0 Å². The molecule has 5 fully saturated rings. The highest BCUT2D eigenvalue weighted by Gasteiger charge is 2.74. The molecule has 2 N–H and O–H groups in total. The first-order valence-corrected chi connectivity index (χ1v) is 13.7. The molecule has 1 unspecified atom stereocenters. The van der Waals surface area contributed by atoms with Crippen LogP contribution in [-0.2, 0) is 14.3 Å². The van der Waals surface area contributed by atoms with Crippen LogP contribution in [0.2, 0.25) is 0 Å². The first-order chi connectivity index (χ1) is 16.2. The maximum absolute atomic E-state index is 13.0. The van der Waals surface area contributed by atoms with E-state index >= 15 is 0 Å². The molecule has 5 aliphatic rings. The van der Waals surface area contributed by atoms with Gasteiger partial charge in [-0.25, -0.2) is 0 Å². The lowest BCUT2D eigenvalue weighted by Gasteiger charge is -2.71. The lowest BCUT2D eigenvalue weighted by atomic mass is 9.33. The number of esters is 1. The lowest BCUT2D eigenvalue weighted by molar-refractivity contribution is -0.259. The minimum Gasteiger partial charge on any atom is -0.481 e. The molecule has 11 atom stereocenters. The maximum atomic E-state index is 13.0. The van der Waals surface area contributed by atoms with Crippen LogP contribution in [0.1, 0.15) is 86.0 Å². The fourth-order valence-electron chi connectivity index (χ4n) is 10.8. The Balaban J connectivity index is 1.69. The number of aliphatic hydroxyl groups is 1. The topological polar surface area (TPSA) is 83.8 Å². The number of aliphatic hydroxyl groups excluding tert-OH is 1. The summed E-state index contributed by atoms with van der Waals surface area (Å²) in [6.07, 6.45) is 4.64. The Morgan fingerprint density at radius 2 is 1.69 bits per heavy atom. The molecule has 0 spiro atoms. The Morgan fingerprint density at radius 1 is 1.00 bits per heavy atom. The predicted octanol–water partition coefficient (Wildman–Crippen LogP) is 5.77. The van der Waals surface area contributed by atoms with Gasteiger partial charge in [0.25, 0.3) is 0 Å². The van der Waals surface area contributed by atoms with Crippen molar-refractivity contribution < 1.29 is 24.5 Å². The zero-order chi connectivity index (χ0) is 25.7. The quantitative estimate of drug-likeness (QED) is 0.392. The SMILES string of the molecule is C=C(C)[C@@H]1CCC2(C(=O)O)CC[C@]3(C)[C@H](C[C@H]4OC(=O)C[C@@H](O)[C@]5(C)[C@@H]4[C@@]3(C)CC[C@H]5C(=C)C)[C@@H]12.